The molecule has 0 aliphatic heterocycles. The summed E-state index contributed by atoms with van der Waals surface area (Å²) < 4.78 is 8.72. The van der Waals surface area contributed by atoms with Crippen LogP contribution in [0.25, 0.3) is 11.0 Å². The SMILES string of the molecule is Clc1cc(Br)ccc1OCCn1cnc2ccccc21. The van der Waals surface area contributed by atoms with Gasteiger partial charge in [0.15, 0.2) is 0 Å². The highest BCUT2D eigenvalue weighted by Gasteiger charge is 2.04. The molecule has 0 bridgehead atoms. The lowest BCUT2D eigenvalue weighted by atomic mass is 10.3. The van der Waals surface area contributed by atoms with Gasteiger partial charge in [0.1, 0.15) is 12.4 Å². The van der Waals surface area contributed by atoms with Gasteiger partial charge < -0.3 is 9.30 Å². The number of nitrogens with zero attached hydrogens (tertiary/aromatic N) is 2. The Hall–Kier alpha value is -1.52. The number of hydrogen-bond acceptors (Lipinski definition) is 2. The molecule has 0 saturated heterocycles. The quantitative estimate of drug-likeness (QED) is 0.690. The molecule has 0 unspecified atom stereocenters. The summed E-state index contributed by atoms with van der Waals surface area (Å²) in [6.07, 6.45) is 1.83. The lowest BCUT2D eigenvalue weighted by molar-refractivity contribution is 0.300. The molecule has 3 rings (SSSR count). The number of aromatic nitrogens is 2. The van der Waals surface area contributed by atoms with E-state index in [1.54, 1.807) is 0 Å². The van der Waals surface area contributed by atoms with E-state index in [-0.39, 0.29) is 0 Å². The van der Waals surface area contributed by atoms with E-state index in [1.807, 2.05) is 42.7 Å². The molecule has 1 aromatic heterocycles. The van der Waals surface area contributed by atoms with Crippen LogP contribution in [0, 0.1) is 0 Å². The molecule has 3 nitrogen and oxygen atoms in total. The van der Waals surface area contributed by atoms with Gasteiger partial charge in [0.05, 0.1) is 28.9 Å². The smallest absolute Gasteiger partial charge is 0.138 e. The largest absolute Gasteiger partial charge is 0.490 e. The second kappa shape index (κ2) is 5.85. The minimum atomic E-state index is 0.543. The summed E-state index contributed by atoms with van der Waals surface area (Å²) in [5.74, 6) is 0.694. The first-order chi connectivity index (χ1) is 9.74. The number of fused-ring (bicyclic) bond motifs is 1. The van der Waals surface area contributed by atoms with Gasteiger partial charge in [-0.15, -0.1) is 0 Å². The van der Waals surface area contributed by atoms with E-state index >= 15 is 0 Å². The summed E-state index contributed by atoms with van der Waals surface area (Å²) in [6.45, 7) is 1.27. The van der Waals surface area contributed by atoms with E-state index in [4.69, 9.17) is 16.3 Å². The zero-order valence-electron chi connectivity index (χ0n) is 10.6. The minimum Gasteiger partial charge on any atom is -0.490 e. The van der Waals surface area contributed by atoms with Crippen molar-refractivity contribution in [2.45, 2.75) is 6.54 Å². The summed E-state index contributed by atoms with van der Waals surface area (Å²) in [7, 11) is 0. The predicted molar refractivity (Wildman–Crippen MR) is 84.4 cm³/mol. The van der Waals surface area contributed by atoms with Crippen molar-refractivity contribution in [1.29, 1.82) is 0 Å². The molecule has 0 radical (unpaired) electrons. The molecule has 2 aromatic carbocycles. The van der Waals surface area contributed by atoms with Crippen LogP contribution in [0.4, 0.5) is 0 Å². The first-order valence-electron chi connectivity index (χ1n) is 6.22. The first-order valence-corrected chi connectivity index (χ1v) is 7.39. The van der Waals surface area contributed by atoms with Gasteiger partial charge in [0.25, 0.3) is 0 Å². The van der Waals surface area contributed by atoms with Crippen molar-refractivity contribution in [2.24, 2.45) is 0 Å². The van der Waals surface area contributed by atoms with E-state index in [2.05, 4.69) is 31.5 Å². The molecule has 0 amide bonds. The number of rotatable bonds is 4. The molecule has 0 fully saturated rings. The van der Waals surface area contributed by atoms with Gasteiger partial charge in [0, 0.05) is 4.47 Å². The van der Waals surface area contributed by atoms with Crippen molar-refractivity contribution >= 4 is 38.6 Å². The van der Waals surface area contributed by atoms with Crippen LogP contribution in [0.5, 0.6) is 5.75 Å². The zero-order chi connectivity index (χ0) is 13.9. The Morgan fingerprint density at radius 3 is 2.90 bits per heavy atom. The maximum atomic E-state index is 6.11. The highest BCUT2D eigenvalue weighted by Crippen LogP contribution is 2.27. The first kappa shape index (κ1) is 13.5. The lowest BCUT2D eigenvalue weighted by Gasteiger charge is -2.09. The normalized spacial score (nSPS) is 10.9. The standard InChI is InChI=1S/C15H12BrClN2O/c16-11-5-6-15(12(17)9-11)20-8-7-19-10-18-13-3-1-2-4-14(13)19/h1-6,9-10H,7-8H2. The molecule has 20 heavy (non-hydrogen) atoms. The number of para-hydroxylation sites is 2. The number of halogens is 2. The molecule has 1 heterocycles. The van der Waals surface area contributed by atoms with Crippen molar-refractivity contribution in [3.63, 3.8) is 0 Å². The van der Waals surface area contributed by atoms with Gasteiger partial charge in [-0.25, -0.2) is 4.98 Å². The maximum Gasteiger partial charge on any atom is 0.138 e. The number of hydrogen-bond donors (Lipinski definition) is 0. The Morgan fingerprint density at radius 1 is 1.20 bits per heavy atom. The summed E-state index contributed by atoms with van der Waals surface area (Å²) in [6, 6.07) is 13.6. The summed E-state index contributed by atoms with van der Waals surface area (Å²) in [4.78, 5) is 4.35. The molecule has 3 aromatic rings. The van der Waals surface area contributed by atoms with Crippen LogP contribution < -0.4 is 4.74 Å². The third kappa shape index (κ3) is 2.81. The highest BCUT2D eigenvalue weighted by atomic mass is 79.9. The van der Waals surface area contributed by atoms with Gasteiger partial charge in [-0.3, -0.25) is 0 Å². The molecule has 0 saturated carbocycles. The minimum absolute atomic E-state index is 0.543. The van der Waals surface area contributed by atoms with Crippen molar-refractivity contribution in [1.82, 2.24) is 9.55 Å². The van der Waals surface area contributed by atoms with Crippen molar-refractivity contribution in [3.05, 3.63) is 58.3 Å². The maximum absolute atomic E-state index is 6.11. The fraction of sp³-hybridized carbons (Fsp3) is 0.133. The predicted octanol–water partition coefficient (Wildman–Crippen LogP) is 4.53. The number of benzene rings is 2. The highest BCUT2D eigenvalue weighted by molar-refractivity contribution is 9.10. The number of imidazole rings is 1. The topological polar surface area (TPSA) is 27.1 Å². The van der Waals surface area contributed by atoms with Crippen LogP contribution in [0.1, 0.15) is 0 Å². The average Bonchev–Trinajstić information content (AvgIpc) is 2.85. The van der Waals surface area contributed by atoms with Crippen molar-refractivity contribution in [2.75, 3.05) is 6.61 Å². The molecule has 0 N–H and O–H groups in total. The second-order valence-corrected chi connectivity index (χ2v) is 5.67. The fourth-order valence-electron chi connectivity index (χ4n) is 2.03. The Labute approximate surface area is 130 Å². The van der Waals surface area contributed by atoms with E-state index in [0.29, 0.717) is 17.4 Å². The molecule has 0 aliphatic rings. The molecular weight excluding hydrogens is 340 g/mol. The fourth-order valence-corrected chi connectivity index (χ4v) is 2.76. The average molecular weight is 352 g/mol. The van der Waals surface area contributed by atoms with E-state index in [9.17, 15) is 0 Å². The third-order valence-corrected chi connectivity index (χ3v) is 3.80. The monoisotopic (exact) mass is 350 g/mol. The molecular formula is C15H12BrClN2O. The number of ether oxygens (including phenoxy) is 1. The second-order valence-electron chi connectivity index (χ2n) is 4.35. The lowest BCUT2D eigenvalue weighted by Crippen LogP contribution is -2.07. The Balaban J connectivity index is 1.68. The van der Waals surface area contributed by atoms with Crippen LogP contribution >= 0.6 is 27.5 Å². The van der Waals surface area contributed by atoms with Crippen molar-refractivity contribution < 1.29 is 4.74 Å². The molecule has 5 heteroatoms. The Bertz CT molecular complexity index is 742. The summed E-state index contributed by atoms with van der Waals surface area (Å²) in [5, 5.41) is 0.606. The van der Waals surface area contributed by atoms with Gasteiger partial charge in [-0.1, -0.05) is 39.7 Å². The van der Waals surface area contributed by atoms with Crippen LogP contribution in [-0.2, 0) is 6.54 Å². The molecule has 102 valence electrons. The van der Waals surface area contributed by atoms with Crippen LogP contribution in [-0.4, -0.2) is 16.2 Å². The van der Waals surface area contributed by atoms with Crippen LogP contribution in [0.3, 0.4) is 0 Å². The summed E-state index contributed by atoms with van der Waals surface area (Å²) >= 11 is 9.48. The Kier molecular flexibility index (Phi) is 3.94. The van der Waals surface area contributed by atoms with Crippen LogP contribution in [0.2, 0.25) is 5.02 Å². The van der Waals surface area contributed by atoms with Gasteiger partial charge in [-0.2, -0.15) is 0 Å². The zero-order valence-corrected chi connectivity index (χ0v) is 12.9. The van der Waals surface area contributed by atoms with Gasteiger partial charge >= 0.3 is 0 Å². The molecule has 0 aliphatic carbocycles. The summed E-state index contributed by atoms with van der Waals surface area (Å²) in [5.41, 5.74) is 2.10. The van der Waals surface area contributed by atoms with E-state index in [1.165, 1.54) is 0 Å². The van der Waals surface area contributed by atoms with Gasteiger partial charge in [-0.05, 0) is 30.3 Å². The molecule has 0 atom stereocenters. The van der Waals surface area contributed by atoms with Gasteiger partial charge in [0.2, 0.25) is 0 Å². The van der Waals surface area contributed by atoms with E-state index in [0.717, 1.165) is 22.1 Å². The van der Waals surface area contributed by atoms with E-state index < -0.39 is 0 Å². The third-order valence-electron chi connectivity index (χ3n) is 3.01. The Morgan fingerprint density at radius 2 is 2.05 bits per heavy atom. The van der Waals surface area contributed by atoms with Crippen LogP contribution in [0.15, 0.2) is 53.3 Å². The molecule has 0 spiro atoms. The van der Waals surface area contributed by atoms with Crippen molar-refractivity contribution in [3.8, 4) is 5.75 Å².